The van der Waals surface area contributed by atoms with E-state index in [1.807, 2.05) is 42.6 Å². The number of benzene rings is 1. The molecular weight excluding hydrogens is 389 g/mol. The molecule has 0 saturated heterocycles. The third-order valence-corrected chi connectivity index (χ3v) is 4.85. The molecule has 28 heavy (non-hydrogen) atoms. The number of nitrogens with zero attached hydrogens (tertiary/aromatic N) is 4. The molecule has 0 radical (unpaired) electrons. The molecule has 9 heteroatoms. The number of aromatic nitrogens is 3. The first-order chi connectivity index (χ1) is 13.4. The van der Waals surface area contributed by atoms with Gasteiger partial charge in [0.25, 0.3) is 5.91 Å². The van der Waals surface area contributed by atoms with Crippen LogP contribution in [0.3, 0.4) is 0 Å². The molecule has 148 valence electrons. The van der Waals surface area contributed by atoms with E-state index in [-0.39, 0.29) is 12.4 Å². The van der Waals surface area contributed by atoms with E-state index in [0.717, 1.165) is 9.78 Å². The Morgan fingerprint density at radius 1 is 1.18 bits per heavy atom. The molecule has 0 spiro atoms. The van der Waals surface area contributed by atoms with Gasteiger partial charge in [0.05, 0.1) is 10.6 Å². The molecule has 3 rings (SSSR count). The van der Waals surface area contributed by atoms with E-state index < -0.39 is 18.6 Å². The summed E-state index contributed by atoms with van der Waals surface area (Å²) in [5, 5.41) is 6.11. The molecule has 0 saturated carbocycles. The zero-order valence-corrected chi connectivity index (χ0v) is 16.0. The lowest BCUT2D eigenvalue weighted by molar-refractivity contribution is -0.140. The van der Waals surface area contributed by atoms with Gasteiger partial charge < -0.3 is 4.90 Å². The standard InChI is InChI=1S/C19H19F3N4OS/c1-2-3-11-25(13-19(20,21)22)18(27)16-23-17(15-10-7-12-28-15)26(24-16)14-8-5-4-6-9-14/h4-10,12H,2-3,11,13H2,1H3. The van der Waals surface area contributed by atoms with Crippen molar-refractivity contribution < 1.29 is 18.0 Å². The predicted octanol–water partition coefficient (Wildman–Crippen LogP) is 4.80. The second-order valence-electron chi connectivity index (χ2n) is 6.18. The van der Waals surface area contributed by atoms with E-state index in [9.17, 15) is 18.0 Å². The van der Waals surface area contributed by atoms with Gasteiger partial charge in [-0.3, -0.25) is 4.79 Å². The second kappa shape index (κ2) is 8.55. The Kier molecular flexibility index (Phi) is 6.13. The summed E-state index contributed by atoms with van der Waals surface area (Å²) in [6.45, 7) is 0.538. The van der Waals surface area contributed by atoms with Crippen LogP contribution in [0.5, 0.6) is 0 Å². The van der Waals surface area contributed by atoms with E-state index in [0.29, 0.717) is 24.4 Å². The highest BCUT2D eigenvalue weighted by atomic mass is 32.1. The van der Waals surface area contributed by atoms with Crippen LogP contribution in [0, 0.1) is 0 Å². The molecule has 0 aliphatic rings. The molecule has 0 bridgehead atoms. The van der Waals surface area contributed by atoms with Crippen molar-refractivity contribution in [2.24, 2.45) is 0 Å². The van der Waals surface area contributed by atoms with Gasteiger partial charge >= 0.3 is 6.18 Å². The number of rotatable bonds is 7. The molecule has 0 fully saturated rings. The lowest BCUT2D eigenvalue weighted by atomic mass is 10.3. The lowest BCUT2D eigenvalue weighted by Crippen LogP contribution is -2.40. The van der Waals surface area contributed by atoms with E-state index in [4.69, 9.17) is 0 Å². The second-order valence-corrected chi connectivity index (χ2v) is 7.13. The number of thiophene rings is 1. The van der Waals surface area contributed by atoms with Gasteiger partial charge in [-0.2, -0.15) is 13.2 Å². The molecule has 2 aromatic heterocycles. The number of hydrogen-bond donors (Lipinski definition) is 0. The SMILES string of the molecule is CCCCN(CC(F)(F)F)C(=O)c1nc(-c2cccs2)n(-c2ccccc2)n1. The number of carbonyl (C=O) groups is 1. The van der Waals surface area contributed by atoms with Gasteiger partial charge in [0.1, 0.15) is 6.54 Å². The first-order valence-electron chi connectivity index (χ1n) is 8.81. The lowest BCUT2D eigenvalue weighted by Gasteiger charge is -2.22. The molecule has 1 aromatic carbocycles. The van der Waals surface area contributed by atoms with Crippen molar-refractivity contribution in [1.29, 1.82) is 0 Å². The number of alkyl halides is 3. The maximum Gasteiger partial charge on any atom is 0.406 e. The van der Waals surface area contributed by atoms with Crippen molar-refractivity contribution in [1.82, 2.24) is 19.7 Å². The molecule has 1 amide bonds. The molecule has 0 unspecified atom stereocenters. The van der Waals surface area contributed by atoms with Crippen LogP contribution in [0.25, 0.3) is 16.4 Å². The third-order valence-electron chi connectivity index (χ3n) is 3.98. The number of halogens is 3. The highest BCUT2D eigenvalue weighted by Gasteiger charge is 2.34. The van der Waals surface area contributed by atoms with Gasteiger partial charge in [0.15, 0.2) is 5.82 Å². The van der Waals surface area contributed by atoms with Crippen LogP contribution >= 0.6 is 11.3 Å². The summed E-state index contributed by atoms with van der Waals surface area (Å²) < 4.78 is 40.3. The molecule has 0 atom stereocenters. The summed E-state index contributed by atoms with van der Waals surface area (Å²) in [7, 11) is 0. The Hall–Kier alpha value is -2.68. The average molecular weight is 408 g/mol. The van der Waals surface area contributed by atoms with Crippen LogP contribution in [0.2, 0.25) is 0 Å². The number of amides is 1. The van der Waals surface area contributed by atoms with Gasteiger partial charge in [-0.1, -0.05) is 37.6 Å². The maximum atomic E-state index is 12.9. The highest BCUT2D eigenvalue weighted by Crippen LogP contribution is 2.26. The zero-order chi connectivity index (χ0) is 20.1. The van der Waals surface area contributed by atoms with Crippen molar-refractivity contribution in [2.45, 2.75) is 25.9 Å². The minimum atomic E-state index is -4.48. The Morgan fingerprint density at radius 2 is 1.93 bits per heavy atom. The van der Waals surface area contributed by atoms with E-state index in [2.05, 4.69) is 10.1 Å². The quantitative estimate of drug-likeness (QED) is 0.564. The van der Waals surface area contributed by atoms with Gasteiger partial charge in [0, 0.05) is 6.54 Å². The van der Waals surface area contributed by atoms with Gasteiger partial charge in [-0.25, -0.2) is 9.67 Å². The normalized spacial score (nSPS) is 11.6. The van der Waals surface area contributed by atoms with Gasteiger partial charge in [0.2, 0.25) is 5.82 Å². The van der Waals surface area contributed by atoms with Crippen molar-refractivity contribution >= 4 is 17.2 Å². The molecule has 2 heterocycles. The topological polar surface area (TPSA) is 51.0 Å². The third kappa shape index (κ3) is 4.78. The summed E-state index contributed by atoms with van der Waals surface area (Å²) in [5.74, 6) is -0.641. The number of para-hydroxylation sites is 1. The number of hydrogen-bond acceptors (Lipinski definition) is 4. The largest absolute Gasteiger partial charge is 0.406 e. The summed E-state index contributed by atoms with van der Waals surface area (Å²) in [4.78, 5) is 18.6. The first kappa shape index (κ1) is 20.1. The van der Waals surface area contributed by atoms with Crippen LogP contribution in [0.4, 0.5) is 13.2 Å². The summed E-state index contributed by atoms with van der Waals surface area (Å²) in [5.41, 5.74) is 0.674. The Labute approximate surface area is 164 Å². The summed E-state index contributed by atoms with van der Waals surface area (Å²) >= 11 is 1.41. The molecule has 0 N–H and O–H groups in total. The fourth-order valence-electron chi connectivity index (χ4n) is 2.68. The van der Waals surface area contributed by atoms with Crippen LogP contribution in [-0.2, 0) is 0 Å². The zero-order valence-electron chi connectivity index (χ0n) is 15.2. The summed E-state index contributed by atoms with van der Waals surface area (Å²) in [6, 6.07) is 12.7. The van der Waals surface area contributed by atoms with Gasteiger partial charge in [-0.05, 0) is 30.0 Å². The Balaban J connectivity index is 2.00. The van der Waals surface area contributed by atoms with Crippen LogP contribution in [-0.4, -0.2) is 44.8 Å². The van der Waals surface area contributed by atoms with Crippen molar-refractivity contribution in [3.63, 3.8) is 0 Å². The van der Waals surface area contributed by atoms with Gasteiger partial charge in [-0.15, -0.1) is 16.4 Å². The van der Waals surface area contributed by atoms with Crippen LogP contribution < -0.4 is 0 Å². The molecule has 3 aromatic rings. The smallest absolute Gasteiger partial charge is 0.327 e. The van der Waals surface area contributed by atoms with Crippen LogP contribution in [0.15, 0.2) is 47.8 Å². The fraction of sp³-hybridized carbons (Fsp3) is 0.316. The van der Waals surface area contributed by atoms with Crippen molar-refractivity contribution in [3.05, 3.63) is 53.7 Å². The first-order valence-corrected chi connectivity index (χ1v) is 9.69. The fourth-order valence-corrected chi connectivity index (χ4v) is 3.37. The predicted molar refractivity (Wildman–Crippen MR) is 102 cm³/mol. The van der Waals surface area contributed by atoms with Crippen LogP contribution in [0.1, 0.15) is 30.4 Å². The maximum absolute atomic E-state index is 12.9. The minimum Gasteiger partial charge on any atom is -0.327 e. The monoisotopic (exact) mass is 408 g/mol. The number of carbonyl (C=O) groups excluding carboxylic acids is 1. The summed E-state index contributed by atoms with van der Waals surface area (Å²) in [6.07, 6.45) is -3.34. The molecule has 0 aliphatic heterocycles. The number of unbranched alkanes of at least 4 members (excludes halogenated alkanes) is 1. The average Bonchev–Trinajstić information content (AvgIpc) is 3.33. The Morgan fingerprint density at radius 3 is 2.54 bits per heavy atom. The van der Waals surface area contributed by atoms with E-state index in [1.54, 1.807) is 12.1 Å². The van der Waals surface area contributed by atoms with E-state index >= 15 is 0 Å². The Bertz CT molecular complexity index is 907. The van der Waals surface area contributed by atoms with Crippen molar-refractivity contribution in [2.75, 3.05) is 13.1 Å². The van der Waals surface area contributed by atoms with E-state index in [1.165, 1.54) is 16.0 Å². The molecule has 0 aliphatic carbocycles. The molecule has 5 nitrogen and oxygen atoms in total. The highest BCUT2D eigenvalue weighted by molar-refractivity contribution is 7.13. The van der Waals surface area contributed by atoms with Crippen molar-refractivity contribution in [3.8, 4) is 16.4 Å². The minimum absolute atomic E-state index is 0.00303. The molecular formula is C19H19F3N4OS.